The Morgan fingerprint density at radius 3 is 3.03 bits per heavy atom. The van der Waals surface area contributed by atoms with Crippen molar-refractivity contribution in [3.63, 3.8) is 0 Å². The number of ether oxygens (including phenoxy) is 1. The van der Waals surface area contributed by atoms with Crippen molar-refractivity contribution in [3.8, 4) is 23.0 Å². The summed E-state index contributed by atoms with van der Waals surface area (Å²) in [5.41, 5.74) is 1.80. The molecule has 0 atom stereocenters. The lowest BCUT2D eigenvalue weighted by Crippen LogP contribution is -2.22. The molecule has 0 fully saturated rings. The number of furan rings is 1. The highest BCUT2D eigenvalue weighted by molar-refractivity contribution is 5.75. The summed E-state index contributed by atoms with van der Waals surface area (Å²) in [6, 6.07) is 11.1. The van der Waals surface area contributed by atoms with Crippen LogP contribution in [0, 0.1) is 0 Å². The van der Waals surface area contributed by atoms with Crippen LogP contribution in [0.25, 0.3) is 17.3 Å². The van der Waals surface area contributed by atoms with E-state index in [4.69, 9.17) is 13.7 Å². The number of aromatic nitrogens is 4. The minimum Gasteiger partial charge on any atom is -0.497 e. The number of amides is 1. The van der Waals surface area contributed by atoms with E-state index in [9.17, 15) is 4.79 Å². The molecule has 9 heteroatoms. The molecule has 3 heterocycles. The van der Waals surface area contributed by atoms with Gasteiger partial charge in [0, 0.05) is 37.2 Å². The first-order chi connectivity index (χ1) is 14.7. The van der Waals surface area contributed by atoms with E-state index in [1.165, 1.54) is 0 Å². The van der Waals surface area contributed by atoms with E-state index < -0.39 is 0 Å². The van der Waals surface area contributed by atoms with Crippen LogP contribution in [0.2, 0.25) is 0 Å². The number of hydrogen-bond acceptors (Lipinski definition) is 7. The first kappa shape index (κ1) is 19.4. The number of benzene rings is 1. The average Bonchev–Trinajstić information content (AvgIpc) is 3.54. The second-order valence-electron chi connectivity index (χ2n) is 6.61. The summed E-state index contributed by atoms with van der Waals surface area (Å²) in [6.45, 7) is 0.409. The second kappa shape index (κ2) is 9.08. The van der Waals surface area contributed by atoms with Crippen molar-refractivity contribution in [2.75, 3.05) is 7.11 Å². The molecule has 3 aromatic heterocycles. The maximum Gasteiger partial charge on any atom is 0.238 e. The third-order valence-electron chi connectivity index (χ3n) is 4.45. The first-order valence-electron chi connectivity index (χ1n) is 9.52. The summed E-state index contributed by atoms with van der Waals surface area (Å²) in [5, 5.41) is 11.1. The van der Waals surface area contributed by atoms with Gasteiger partial charge in [0.05, 0.1) is 25.3 Å². The SMILES string of the molecule is COc1cccc(-n2cc(CNC(=O)CCCc3nc(-c4ccco4)no3)cn2)c1. The van der Waals surface area contributed by atoms with Crippen LogP contribution < -0.4 is 10.1 Å². The molecule has 1 N–H and O–H groups in total. The quantitative estimate of drug-likeness (QED) is 0.454. The zero-order valence-electron chi connectivity index (χ0n) is 16.4. The molecule has 4 rings (SSSR count). The summed E-state index contributed by atoms with van der Waals surface area (Å²) in [5.74, 6) is 2.16. The van der Waals surface area contributed by atoms with Crippen molar-refractivity contribution < 1.29 is 18.5 Å². The Hall–Kier alpha value is -3.88. The number of methoxy groups -OCH3 is 1. The summed E-state index contributed by atoms with van der Waals surface area (Å²) in [7, 11) is 1.62. The van der Waals surface area contributed by atoms with E-state index >= 15 is 0 Å². The first-order valence-corrected chi connectivity index (χ1v) is 9.52. The van der Waals surface area contributed by atoms with Crippen LogP contribution in [0.15, 0.2) is 64.0 Å². The number of nitrogens with one attached hydrogen (secondary N) is 1. The summed E-state index contributed by atoms with van der Waals surface area (Å²) >= 11 is 0. The molecule has 1 amide bonds. The molecule has 0 unspecified atom stereocenters. The molecule has 0 saturated carbocycles. The molecule has 0 spiro atoms. The minimum atomic E-state index is -0.0464. The van der Waals surface area contributed by atoms with Crippen LogP contribution in [-0.2, 0) is 17.8 Å². The Kier molecular flexibility index (Phi) is 5.88. The molecule has 0 radical (unpaired) electrons. The molecule has 1 aromatic carbocycles. The van der Waals surface area contributed by atoms with Crippen LogP contribution in [0.5, 0.6) is 5.75 Å². The Labute approximate surface area is 172 Å². The Morgan fingerprint density at radius 1 is 1.27 bits per heavy atom. The number of rotatable bonds is 9. The molecule has 154 valence electrons. The van der Waals surface area contributed by atoms with Gasteiger partial charge in [0.25, 0.3) is 0 Å². The van der Waals surface area contributed by atoms with Gasteiger partial charge in [0.2, 0.25) is 17.6 Å². The van der Waals surface area contributed by atoms with Crippen LogP contribution in [0.1, 0.15) is 24.3 Å². The van der Waals surface area contributed by atoms with Crippen molar-refractivity contribution >= 4 is 5.91 Å². The zero-order valence-corrected chi connectivity index (χ0v) is 16.4. The highest BCUT2D eigenvalue weighted by Crippen LogP contribution is 2.17. The monoisotopic (exact) mass is 407 g/mol. The van der Waals surface area contributed by atoms with Crippen molar-refractivity contribution in [2.45, 2.75) is 25.8 Å². The van der Waals surface area contributed by atoms with E-state index in [-0.39, 0.29) is 5.91 Å². The second-order valence-corrected chi connectivity index (χ2v) is 6.61. The Morgan fingerprint density at radius 2 is 2.20 bits per heavy atom. The van der Waals surface area contributed by atoms with Gasteiger partial charge >= 0.3 is 0 Å². The highest BCUT2D eigenvalue weighted by atomic mass is 16.5. The predicted molar refractivity (Wildman–Crippen MR) is 107 cm³/mol. The predicted octanol–water partition coefficient (Wildman–Crippen LogP) is 3.16. The van der Waals surface area contributed by atoms with E-state index in [0.29, 0.717) is 43.3 Å². The number of carbonyl (C=O) groups is 1. The fraction of sp³-hybridized carbons (Fsp3) is 0.238. The van der Waals surface area contributed by atoms with E-state index in [1.807, 2.05) is 30.5 Å². The fourth-order valence-electron chi connectivity index (χ4n) is 2.90. The molecule has 0 aliphatic rings. The standard InChI is InChI=1S/C21H21N5O4/c1-28-17-6-2-5-16(11-17)26-14-15(13-23-26)12-22-19(27)8-3-9-20-24-21(25-30-20)18-7-4-10-29-18/h2,4-7,10-11,13-14H,3,8-9,12H2,1H3,(H,22,27). The van der Waals surface area contributed by atoms with Crippen LogP contribution in [-0.4, -0.2) is 32.9 Å². The van der Waals surface area contributed by atoms with Crippen molar-refractivity contribution in [1.29, 1.82) is 0 Å². The third-order valence-corrected chi connectivity index (χ3v) is 4.45. The van der Waals surface area contributed by atoms with Crippen molar-refractivity contribution in [3.05, 3.63) is 66.5 Å². The van der Waals surface area contributed by atoms with Gasteiger partial charge in [-0.1, -0.05) is 11.2 Å². The Bertz CT molecular complexity index is 1100. The lowest BCUT2D eigenvalue weighted by atomic mass is 10.2. The van der Waals surface area contributed by atoms with Gasteiger partial charge in [-0.2, -0.15) is 10.1 Å². The average molecular weight is 407 g/mol. The maximum atomic E-state index is 12.1. The maximum absolute atomic E-state index is 12.1. The molecule has 0 aliphatic heterocycles. The summed E-state index contributed by atoms with van der Waals surface area (Å²) in [4.78, 5) is 16.4. The minimum absolute atomic E-state index is 0.0464. The van der Waals surface area contributed by atoms with Crippen LogP contribution in [0.3, 0.4) is 0 Å². The van der Waals surface area contributed by atoms with Crippen molar-refractivity contribution in [1.82, 2.24) is 25.2 Å². The zero-order chi connectivity index (χ0) is 20.8. The smallest absolute Gasteiger partial charge is 0.238 e. The molecular formula is C21H21N5O4. The molecule has 30 heavy (non-hydrogen) atoms. The lowest BCUT2D eigenvalue weighted by molar-refractivity contribution is -0.121. The summed E-state index contributed by atoms with van der Waals surface area (Å²) < 4.78 is 17.4. The van der Waals surface area contributed by atoms with Gasteiger partial charge in [-0.05, 0) is 30.7 Å². The van der Waals surface area contributed by atoms with Gasteiger partial charge in [0.15, 0.2) is 5.76 Å². The van der Waals surface area contributed by atoms with Gasteiger partial charge in [-0.3, -0.25) is 4.79 Å². The van der Waals surface area contributed by atoms with Gasteiger partial charge in [0.1, 0.15) is 5.75 Å². The lowest BCUT2D eigenvalue weighted by Gasteiger charge is -2.04. The molecule has 4 aromatic rings. The number of carbonyl (C=O) groups excluding carboxylic acids is 1. The highest BCUT2D eigenvalue weighted by Gasteiger charge is 2.11. The van der Waals surface area contributed by atoms with Gasteiger partial charge in [-0.25, -0.2) is 4.68 Å². The molecular weight excluding hydrogens is 386 g/mol. The van der Waals surface area contributed by atoms with Crippen LogP contribution >= 0.6 is 0 Å². The van der Waals surface area contributed by atoms with Crippen molar-refractivity contribution in [2.24, 2.45) is 0 Å². The number of hydrogen-bond donors (Lipinski definition) is 1. The normalized spacial score (nSPS) is 10.8. The molecule has 9 nitrogen and oxygen atoms in total. The van der Waals surface area contributed by atoms with Gasteiger partial charge in [-0.15, -0.1) is 0 Å². The van der Waals surface area contributed by atoms with Crippen LogP contribution in [0.4, 0.5) is 0 Å². The fourth-order valence-corrected chi connectivity index (χ4v) is 2.90. The third kappa shape index (κ3) is 4.75. The molecule has 0 saturated heterocycles. The number of nitrogens with zero attached hydrogens (tertiary/aromatic N) is 4. The number of aryl methyl sites for hydroxylation is 1. The molecule has 0 aliphatic carbocycles. The van der Waals surface area contributed by atoms with Gasteiger partial charge < -0.3 is 19.0 Å². The Balaban J connectivity index is 1.22. The summed E-state index contributed by atoms with van der Waals surface area (Å²) in [6.07, 6.45) is 6.65. The largest absolute Gasteiger partial charge is 0.497 e. The molecule has 0 bridgehead atoms. The topological polar surface area (TPSA) is 108 Å². The van der Waals surface area contributed by atoms with E-state index in [0.717, 1.165) is 17.0 Å². The van der Waals surface area contributed by atoms with E-state index in [1.54, 1.807) is 36.4 Å². The van der Waals surface area contributed by atoms with E-state index in [2.05, 4.69) is 20.6 Å².